The van der Waals surface area contributed by atoms with Crippen LogP contribution < -0.4 is 21.1 Å². The highest BCUT2D eigenvalue weighted by Crippen LogP contribution is 2.30. The molecule has 6 N–H and O–H groups in total. The second-order valence-electron chi connectivity index (χ2n) is 8.35. The van der Waals surface area contributed by atoms with Crippen molar-refractivity contribution in [1.82, 2.24) is 20.6 Å². The molecule has 0 saturated carbocycles. The Morgan fingerprint density at radius 1 is 1.13 bits per heavy atom. The van der Waals surface area contributed by atoms with Crippen LogP contribution in [0.3, 0.4) is 0 Å². The van der Waals surface area contributed by atoms with Crippen LogP contribution >= 0.6 is 11.8 Å². The summed E-state index contributed by atoms with van der Waals surface area (Å²) in [4.78, 5) is 53.9. The summed E-state index contributed by atoms with van der Waals surface area (Å²) in [5, 5.41) is 13.4. The normalized spacial score (nSPS) is 15.6. The van der Waals surface area contributed by atoms with E-state index in [4.69, 9.17) is 10.5 Å². The second-order valence-corrected chi connectivity index (χ2v) is 9.36. The number of thioether (sulfide) groups is 1. The number of amides is 3. The zero-order valence-corrected chi connectivity index (χ0v) is 20.8. The minimum Gasteiger partial charge on any atom is -0.480 e. The van der Waals surface area contributed by atoms with E-state index >= 15 is 0 Å². The molecule has 3 aromatic rings. The van der Waals surface area contributed by atoms with Crippen molar-refractivity contribution in [2.75, 3.05) is 0 Å². The summed E-state index contributed by atoms with van der Waals surface area (Å²) in [6.07, 6.45) is 3.93. The summed E-state index contributed by atoms with van der Waals surface area (Å²) in [5.41, 5.74) is 6.59. The van der Waals surface area contributed by atoms with Crippen molar-refractivity contribution in [2.45, 2.75) is 24.9 Å². The predicted molar refractivity (Wildman–Crippen MR) is 136 cm³/mol. The minimum atomic E-state index is -1.57. The first-order chi connectivity index (χ1) is 18.6. The number of imidazole rings is 1. The van der Waals surface area contributed by atoms with Crippen LogP contribution in [0.1, 0.15) is 16.8 Å². The highest BCUT2D eigenvalue weighted by molar-refractivity contribution is 8.18. The van der Waals surface area contributed by atoms with Crippen molar-refractivity contribution in [3.05, 3.63) is 82.3 Å². The maximum atomic E-state index is 14.8. The summed E-state index contributed by atoms with van der Waals surface area (Å²) in [7, 11) is 0. The number of ether oxygens (including phenoxy) is 1. The molecule has 2 aromatic carbocycles. The monoisotopic (exact) mass is 557 g/mol. The molecule has 0 aliphatic carbocycles. The third kappa shape index (κ3) is 6.86. The van der Waals surface area contributed by atoms with E-state index in [0.717, 1.165) is 23.9 Å². The molecule has 1 aromatic heterocycles. The smallest absolute Gasteiger partial charge is 0.326 e. The van der Waals surface area contributed by atoms with Gasteiger partial charge in [0, 0.05) is 19.0 Å². The number of nitrogens with zero attached hydrogens (tertiary/aromatic N) is 1. The fourth-order valence-corrected chi connectivity index (χ4v) is 4.24. The molecule has 14 heteroatoms. The maximum Gasteiger partial charge on any atom is 0.326 e. The van der Waals surface area contributed by atoms with Crippen molar-refractivity contribution in [2.24, 2.45) is 5.73 Å². The third-order valence-corrected chi connectivity index (χ3v) is 6.34. The number of carbonyl (C=O) groups excluding carboxylic acids is 3. The Morgan fingerprint density at radius 2 is 1.87 bits per heavy atom. The van der Waals surface area contributed by atoms with E-state index in [1.165, 1.54) is 30.7 Å². The molecule has 1 aliphatic rings. The van der Waals surface area contributed by atoms with Gasteiger partial charge in [0.1, 0.15) is 11.8 Å². The molecular formula is C25H21F2N5O6S. The molecule has 2 atom stereocenters. The van der Waals surface area contributed by atoms with Gasteiger partial charge in [-0.15, -0.1) is 0 Å². The molecular weight excluding hydrogens is 536 g/mol. The number of rotatable bonds is 10. The minimum absolute atomic E-state index is 0.0447. The standard InChI is InChI=1S/C25H21F2N5O6S/c26-20-13(8-17(24(35)36)31-22(33)16(28)9-14-10-29-11-30-14)3-6-18(21(20)27)38-15-4-1-12(2-5-15)7-19-23(34)32-25(37)39-19/h1-7,10-11,16-17H,8-9,28H2,(H,29,30)(H,31,33)(H,35,36)(H,32,34,37). The van der Waals surface area contributed by atoms with Gasteiger partial charge in [0.15, 0.2) is 11.6 Å². The molecule has 39 heavy (non-hydrogen) atoms. The number of aliphatic carboxylic acids is 1. The molecule has 4 rings (SSSR count). The third-order valence-electron chi connectivity index (χ3n) is 5.53. The highest BCUT2D eigenvalue weighted by Gasteiger charge is 2.27. The fourth-order valence-electron chi connectivity index (χ4n) is 3.56. The van der Waals surface area contributed by atoms with Crippen LogP contribution in [-0.2, 0) is 27.2 Å². The van der Waals surface area contributed by atoms with Crippen molar-refractivity contribution in [3.8, 4) is 11.5 Å². The number of hydrogen-bond acceptors (Lipinski definition) is 8. The zero-order chi connectivity index (χ0) is 28.1. The first-order valence-corrected chi connectivity index (χ1v) is 12.2. The summed E-state index contributed by atoms with van der Waals surface area (Å²) >= 11 is 0.760. The van der Waals surface area contributed by atoms with Gasteiger partial charge in [-0.3, -0.25) is 19.7 Å². The largest absolute Gasteiger partial charge is 0.480 e. The number of nitrogens with two attached hydrogens (primary N) is 1. The van der Waals surface area contributed by atoms with E-state index in [1.807, 2.05) is 0 Å². The van der Waals surface area contributed by atoms with E-state index in [2.05, 4.69) is 20.6 Å². The number of aromatic amines is 1. The molecule has 11 nitrogen and oxygen atoms in total. The predicted octanol–water partition coefficient (Wildman–Crippen LogP) is 2.49. The van der Waals surface area contributed by atoms with Crippen LogP contribution in [0.25, 0.3) is 6.08 Å². The Balaban J connectivity index is 1.41. The number of imide groups is 1. The number of aromatic nitrogens is 2. The lowest BCUT2D eigenvalue weighted by Crippen LogP contribution is -2.50. The van der Waals surface area contributed by atoms with E-state index in [9.17, 15) is 33.1 Å². The van der Waals surface area contributed by atoms with Crippen molar-refractivity contribution >= 4 is 40.9 Å². The molecule has 2 heterocycles. The number of H-pyrrole nitrogens is 1. The first kappa shape index (κ1) is 27.5. The van der Waals surface area contributed by atoms with E-state index in [0.29, 0.717) is 11.3 Å². The molecule has 2 unspecified atom stereocenters. The lowest BCUT2D eigenvalue weighted by atomic mass is 10.0. The van der Waals surface area contributed by atoms with Crippen LogP contribution in [-0.4, -0.2) is 50.2 Å². The molecule has 1 fully saturated rings. The van der Waals surface area contributed by atoms with Crippen molar-refractivity contribution in [3.63, 3.8) is 0 Å². The molecule has 0 bridgehead atoms. The number of carbonyl (C=O) groups is 4. The Bertz CT molecular complexity index is 1450. The van der Waals surface area contributed by atoms with Crippen LogP contribution in [0.15, 0.2) is 53.8 Å². The lowest BCUT2D eigenvalue weighted by molar-refractivity contribution is -0.142. The molecule has 0 radical (unpaired) electrons. The topological polar surface area (TPSA) is 176 Å². The average molecular weight is 558 g/mol. The summed E-state index contributed by atoms with van der Waals surface area (Å²) in [6.45, 7) is 0. The summed E-state index contributed by atoms with van der Waals surface area (Å²) < 4.78 is 35.0. The molecule has 0 spiro atoms. The number of benzene rings is 2. The number of nitrogens with one attached hydrogen (secondary N) is 3. The van der Waals surface area contributed by atoms with E-state index < -0.39 is 58.9 Å². The van der Waals surface area contributed by atoms with Gasteiger partial charge in [-0.25, -0.2) is 14.2 Å². The lowest BCUT2D eigenvalue weighted by Gasteiger charge is -2.18. The second kappa shape index (κ2) is 11.9. The van der Waals surface area contributed by atoms with Gasteiger partial charge in [-0.1, -0.05) is 18.2 Å². The molecule has 3 amide bonds. The Hall–Kier alpha value is -4.56. The van der Waals surface area contributed by atoms with E-state index in [1.54, 1.807) is 12.1 Å². The Labute approximate surface area is 223 Å². The summed E-state index contributed by atoms with van der Waals surface area (Å²) in [6, 6.07) is 5.65. The number of hydrogen-bond donors (Lipinski definition) is 5. The average Bonchev–Trinajstić information content (AvgIpc) is 3.52. The van der Waals surface area contributed by atoms with E-state index in [-0.39, 0.29) is 22.6 Å². The SMILES string of the molecule is NC(Cc1c[nH]cn1)C(=O)NC(Cc1ccc(Oc2ccc(C=C3SC(=O)NC3=O)cc2)c(F)c1F)C(=O)O. The van der Waals surface area contributed by atoms with Gasteiger partial charge in [-0.2, -0.15) is 4.39 Å². The van der Waals surface area contributed by atoms with Crippen LogP contribution in [0.5, 0.6) is 11.5 Å². The van der Waals surface area contributed by atoms with Crippen LogP contribution in [0, 0.1) is 11.6 Å². The van der Waals surface area contributed by atoms with Crippen molar-refractivity contribution < 1.29 is 37.8 Å². The Kier molecular flexibility index (Phi) is 8.36. The van der Waals surface area contributed by atoms with Gasteiger partial charge in [0.2, 0.25) is 11.7 Å². The summed E-state index contributed by atoms with van der Waals surface area (Å²) in [5.74, 6) is -5.72. The quantitative estimate of drug-likeness (QED) is 0.234. The Morgan fingerprint density at radius 3 is 2.49 bits per heavy atom. The number of halogens is 2. The molecule has 1 saturated heterocycles. The van der Waals surface area contributed by atoms with Gasteiger partial charge in [-0.05, 0) is 47.2 Å². The van der Waals surface area contributed by atoms with Gasteiger partial charge < -0.3 is 25.9 Å². The maximum absolute atomic E-state index is 14.8. The zero-order valence-electron chi connectivity index (χ0n) is 19.9. The number of carboxylic acids is 1. The van der Waals surface area contributed by atoms with Crippen molar-refractivity contribution in [1.29, 1.82) is 0 Å². The molecule has 1 aliphatic heterocycles. The number of carboxylic acid groups (broad SMARTS) is 1. The first-order valence-electron chi connectivity index (χ1n) is 11.4. The van der Waals surface area contributed by atoms with Crippen LogP contribution in [0.2, 0.25) is 0 Å². The van der Waals surface area contributed by atoms with Gasteiger partial charge >= 0.3 is 5.97 Å². The van der Waals surface area contributed by atoms with Crippen LogP contribution in [0.4, 0.5) is 13.6 Å². The van der Waals surface area contributed by atoms with Gasteiger partial charge in [0.25, 0.3) is 11.1 Å². The molecule has 202 valence electrons. The fraction of sp³-hybridized carbons (Fsp3) is 0.160. The van der Waals surface area contributed by atoms with Gasteiger partial charge in [0.05, 0.1) is 23.0 Å². The highest BCUT2D eigenvalue weighted by atomic mass is 32.2.